The van der Waals surface area contributed by atoms with E-state index in [9.17, 15) is 0 Å². The van der Waals surface area contributed by atoms with Crippen molar-refractivity contribution in [2.24, 2.45) is 0 Å². The minimum atomic E-state index is 0.125. The Morgan fingerprint density at radius 2 is 1.55 bits per heavy atom. The Balaban J connectivity index is 1.83. The van der Waals surface area contributed by atoms with E-state index in [2.05, 4.69) is 10.6 Å². The molecule has 22 heavy (non-hydrogen) atoms. The molecule has 0 bridgehead atoms. The Morgan fingerprint density at radius 1 is 0.818 bits per heavy atom. The summed E-state index contributed by atoms with van der Waals surface area (Å²) in [6.45, 7) is 0. The van der Waals surface area contributed by atoms with Crippen LogP contribution in [-0.4, -0.2) is 5.96 Å². The van der Waals surface area contributed by atoms with Gasteiger partial charge >= 0.3 is 0 Å². The van der Waals surface area contributed by atoms with Crippen LogP contribution in [0.3, 0.4) is 0 Å². The minimum absolute atomic E-state index is 0.125. The molecule has 0 saturated carbocycles. The summed E-state index contributed by atoms with van der Waals surface area (Å²) in [7, 11) is 0. The van der Waals surface area contributed by atoms with Crippen LogP contribution in [0, 0.1) is 5.41 Å². The largest absolute Gasteiger partial charge is 0.326 e. The molecular formula is C17H13Cl2N3. The molecule has 0 fully saturated rings. The first-order valence-electron chi connectivity index (χ1n) is 6.69. The lowest BCUT2D eigenvalue weighted by Crippen LogP contribution is -2.20. The Morgan fingerprint density at radius 3 is 2.41 bits per heavy atom. The van der Waals surface area contributed by atoms with E-state index in [4.69, 9.17) is 28.6 Å². The predicted octanol–water partition coefficient (Wildman–Crippen LogP) is 5.61. The van der Waals surface area contributed by atoms with Gasteiger partial charge in [-0.05, 0) is 29.7 Å². The van der Waals surface area contributed by atoms with Crippen molar-refractivity contribution in [3.63, 3.8) is 0 Å². The highest BCUT2D eigenvalue weighted by atomic mass is 35.5. The first-order chi connectivity index (χ1) is 10.6. The highest BCUT2D eigenvalue weighted by molar-refractivity contribution is 6.35. The summed E-state index contributed by atoms with van der Waals surface area (Å²) in [5.74, 6) is 0.125. The van der Waals surface area contributed by atoms with E-state index in [1.165, 1.54) is 0 Å². The van der Waals surface area contributed by atoms with Gasteiger partial charge in [0.15, 0.2) is 5.96 Å². The topological polar surface area (TPSA) is 47.9 Å². The van der Waals surface area contributed by atoms with Gasteiger partial charge in [0, 0.05) is 16.1 Å². The molecule has 3 nitrogen and oxygen atoms in total. The molecule has 0 atom stereocenters. The first-order valence-corrected chi connectivity index (χ1v) is 7.44. The van der Waals surface area contributed by atoms with E-state index >= 15 is 0 Å². The number of fused-ring (bicyclic) bond motifs is 1. The molecule has 3 aromatic carbocycles. The number of guanidine groups is 1. The minimum Gasteiger partial charge on any atom is -0.326 e. The van der Waals surface area contributed by atoms with E-state index in [1.54, 1.807) is 18.2 Å². The summed E-state index contributed by atoms with van der Waals surface area (Å²) < 4.78 is 0. The van der Waals surface area contributed by atoms with Crippen molar-refractivity contribution in [2.45, 2.75) is 0 Å². The van der Waals surface area contributed by atoms with Crippen molar-refractivity contribution >= 4 is 51.3 Å². The molecule has 0 unspecified atom stereocenters. The van der Waals surface area contributed by atoms with Crippen molar-refractivity contribution in [1.29, 1.82) is 5.41 Å². The summed E-state index contributed by atoms with van der Waals surface area (Å²) in [6, 6.07) is 19.0. The van der Waals surface area contributed by atoms with E-state index in [-0.39, 0.29) is 5.96 Å². The highest BCUT2D eigenvalue weighted by Gasteiger charge is 2.06. The van der Waals surface area contributed by atoms with Gasteiger partial charge in [-0.2, -0.15) is 0 Å². The van der Waals surface area contributed by atoms with Crippen molar-refractivity contribution in [3.8, 4) is 0 Å². The molecule has 0 saturated heterocycles. The maximum Gasteiger partial charge on any atom is 0.197 e. The normalized spacial score (nSPS) is 10.5. The Hall–Kier alpha value is -2.23. The second kappa shape index (κ2) is 6.26. The summed E-state index contributed by atoms with van der Waals surface area (Å²) in [5, 5.41) is 17.3. The van der Waals surface area contributed by atoms with Crippen LogP contribution in [0.4, 0.5) is 11.4 Å². The lowest BCUT2D eigenvalue weighted by Gasteiger charge is -2.13. The second-order valence-corrected chi connectivity index (χ2v) is 5.62. The second-order valence-electron chi connectivity index (χ2n) is 4.78. The SMILES string of the molecule is N=C(Nc1cc(Cl)ccc1Cl)Nc1cccc2ccccc12. The quantitative estimate of drug-likeness (QED) is 0.423. The fraction of sp³-hybridized carbons (Fsp3) is 0. The number of rotatable bonds is 2. The van der Waals surface area contributed by atoms with Crippen molar-refractivity contribution in [2.75, 3.05) is 10.6 Å². The molecular weight excluding hydrogens is 317 g/mol. The molecule has 0 aromatic heterocycles. The zero-order chi connectivity index (χ0) is 15.5. The highest BCUT2D eigenvalue weighted by Crippen LogP contribution is 2.26. The third-order valence-corrected chi connectivity index (χ3v) is 3.80. The third-order valence-electron chi connectivity index (χ3n) is 3.24. The number of anilines is 2. The number of hydrogen-bond donors (Lipinski definition) is 3. The number of nitrogens with one attached hydrogen (secondary N) is 3. The van der Waals surface area contributed by atoms with Crippen LogP contribution in [-0.2, 0) is 0 Å². The van der Waals surface area contributed by atoms with Gasteiger partial charge in [0.1, 0.15) is 0 Å². The maximum absolute atomic E-state index is 8.08. The van der Waals surface area contributed by atoms with Gasteiger partial charge in [0.05, 0.1) is 10.7 Å². The van der Waals surface area contributed by atoms with Crippen molar-refractivity contribution in [1.82, 2.24) is 0 Å². The lowest BCUT2D eigenvalue weighted by atomic mass is 10.1. The van der Waals surface area contributed by atoms with Crippen LogP contribution >= 0.6 is 23.2 Å². The van der Waals surface area contributed by atoms with Crippen LogP contribution in [0.15, 0.2) is 60.7 Å². The Bertz CT molecular complexity index is 841. The molecule has 0 amide bonds. The van der Waals surface area contributed by atoms with E-state index in [0.717, 1.165) is 16.5 Å². The van der Waals surface area contributed by atoms with Crippen molar-refractivity contribution < 1.29 is 0 Å². The first kappa shape index (κ1) is 14.7. The maximum atomic E-state index is 8.08. The van der Waals surface area contributed by atoms with Gasteiger partial charge in [-0.25, -0.2) is 0 Å². The van der Waals surface area contributed by atoms with Gasteiger partial charge in [0.2, 0.25) is 0 Å². The number of halogens is 2. The standard InChI is InChI=1S/C17H13Cl2N3/c18-12-8-9-14(19)16(10-12)22-17(20)21-15-7-3-5-11-4-1-2-6-13(11)15/h1-10H,(H3,20,21,22). The molecule has 0 aliphatic carbocycles. The molecule has 0 heterocycles. The zero-order valence-electron chi connectivity index (χ0n) is 11.5. The molecule has 3 rings (SSSR count). The van der Waals surface area contributed by atoms with Crippen LogP contribution in [0.1, 0.15) is 0 Å². The van der Waals surface area contributed by atoms with Crippen LogP contribution in [0.25, 0.3) is 10.8 Å². The molecule has 110 valence electrons. The van der Waals surface area contributed by atoms with Gasteiger partial charge < -0.3 is 10.6 Å². The lowest BCUT2D eigenvalue weighted by molar-refractivity contribution is 1.44. The molecule has 0 radical (unpaired) electrons. The van der Waals surface area contributed by atoms with E-state index < -0.39 is 0 Å². The number of hydrogen-bond acceptors (Lipinski definition) is 1. The van der Waals surface area contributed by atoms with Crippen LogP contribution in [0.5, 0.6) is 0 Å². The molecule has 3 aromatic rings. The van der Waals surface area contributed by atoms with Gasteiger partial charge in [-0.3, -0.25) is 5.41 Å². The third kappa shape index (κ3) is 3.16. The van der Waals surface area contributed by atoms with Gasteiger partial charge in [-0.1, -0.05) is 59.6 Å². The molecule has 5 heteroatoms. The Kier molecular flexibility index (Phi) is 4.18. The summed E-state index contributed by atoms with van der Waals surface area (Å²) >= 11 is 12.0. The average Bonchev–Trinajstić information content (AvgIpc) is 2.51. The Labute approximate surface area is 138 Å². The summed E-state index contributed by atoms with van der Waals surface area (Å²) in [6.07, 6.45) is 0. The fourth-order valence-electron chi connectivity index (χ4n) is 2.23. The molecule has 0 aliphatic rings. The van der Waals surface area contributed by atoms with E-state index in [0.29, 0.717) is 15.7 Å². The molecule has 3 N–H and O–H groups in total. The molecule has 0 aliphatic heterocycles. The van der Waals surface area contributed by atoms with Crippen LogP contribution < -0.4 is 10.6 Å². The van der Waals surface area contributed by atoms with Gasteiger partial charge in [0.25, 0.3) is 0 Å². The van der Waals surface area contributed by atoms with E-state index in [1.807, 2.05) is 42.5 Å². The smallest absolute Gasteiger partial charge is 0.197 e. The molecule has 0 spiro atoms. The predicted molar refractivity (Wildman–Crippen MR) is 95.4 cm³/mol. The number of benzene rings is 3. The average molecular weight is 330 g/mol. The summed E-state index contributed by atoms with van der Waals surface area (Å²) in [5.41, 5.74) is 1.45. The van der Waals surface area contributed by atoms with Gasteiger partial charge in [-0.15, -0.1) is 0 Å². The summed E-state index contributed by atoms with van der Waals surface area (Å²) in [4.78, 5) is 0. The van der Waals surface area contributed by atoms with Crippen LogP contribution in [0.2, 0.25) is 10.0 Å². The van der Waals surface area contributed by atoms with Crippen molar-refractivity contribution in [3.05, 3.63) is 70.7 Å². The monoisotopic (exact) mass is 329 g/mol. The zero-order valence-corrected chi connectivity index (χ0v) is 13.0. The fourth-order valence-corrected chi connectivity index (χ4v) is 2.57.